The average Bonchev–Trinajstić information content (AvgIpc) is 3.14. The number of hydrogen-bond acceptors (Lipinski definition) is 5. The van der Waals surface area contributed by atoms with Gasteiger partial charge in [0, 0.05) is 25.4 Å². The third kappa shape index (κ3) is 4.75. The van der Waals surface area contributed by atoms with Gasteiger partial charge in [-0.15, -0.1) is 0 Å². The molecular weight excluding hydrogens is 412 g/mol. The number of alkyl carbamates (subject to hydrolysis) is 1. The van der Waals surface area contributed by atoms with E-state index in [2.05, 4.69) is 5.32 Å². The molecule has 0 saturated carbocycles. The van der Waals surface area contributed by atoms with Crippen molar-refractivity contribution in [1.82, 2.24) is 10.2 Å². The van der Waals surface area contributed by atoms with E-state index in [4.69, 9.17) is 9.47 Å². The van der Waals surface area contributed by atoms with Gasteiger partial charge in [0.05, 0.1) is 13.2 Å². The van der Waals surface area contributed by atoms with Crippen LogP contribution in [0.25, 0.3) is 11.1 Å². The van der Waals surface area contributed by atoms with Crippen LogP contribution in [-0.2, 0) is 19.1 Å². The number of amides is 2. The summed E-state index contributed by atoms with van der Waals surface area (Å²) < 4.78 is 10.6. The van der Waals surface area contributed by atoms with Gasteiger partial charge in [-0.05, 0) is 28.7 Å². The highest BCUT2D eigenvalue weighted by Gasteiger charge is 2.30. The molecule has 1 saturated heterocycles. The molecule has 2 N–H and O–H groups in total. The van der Waals surface area contributed by atoms with Gasteiger partial charge in [-0.1, -0.05) is 48.5 Å². The summed E-state index contributed by atoms with van der Waals surface area (Å²) >= 11 is 0. The Morgan fingerprint density at radius 2 is 1.62 bits per heavy atom. The van der Waals surface area contributed by atoms with Gasteiger partial charge in [-0.3, -0.25) is 4.79 Å². The fourth-order valence-corrected chi connectivity index (χ4v) is 4.28. The second-order valence-corrected chi connectivity index (χ2v) is 7.89. The molecule has 1 atom stereocenters. The monoisotopic (exact) mass is 438 g/mol. The molecule has 1 aliphatic heterocycles. The van der Waals surface area contributed by atoms with Crippen LogP contribution in [0.4, 0.5) is 4.79 Å². The number of aliphatic carboxylic acids is 1. The van der Waals surface area contributed by atoms with E-state index >= 15 is 0 Å². The van der Waals surface area contributed by atoms with Crippen molar-refractivity contribution >= 4 is 18.0 Å². The Labute approximate surface area is 186 Å². The van der Waals surface area contributed by atoms with Gasteiger partial charge in [0.1, 0.15) is 12.6 Å². The minimum Gasteiger partial charge on any atom is -0.480 e. The Bertz CT molecular complexity index is 956. The second kappa shape index (κ2) is 9.82. The number of nitrogens with zero attached hydrogens (tertiary/aromatic N) is 1. The predicted octanol–water partition coefficient (Wildman–Crippen LogP) is 2.62. The summed E-state index contributed by atoms with van der Waals surface area (Å²) in [5.74, 6) is -1.46. The number of benzene rings is 2. The fourth-order valence-electron chi connectivity index (χ4n) is 4.28. The van der Waals surface area contributed by atoms with Crippen LogP contribution in [-0.4, -0.2) is 66.9 Å². The van der Waals surface area contributed by atoms with Crippen molar-refractivity contribution < 1.29 is 29.0 Å². The summed E-state index contributed by atoms with van der Waals surface area (Å²) in [4.78, 5) is 37.9. The van der Waals surface area contributed by atoms with E-state index in [1.54, 1.807) is 4.90 Å². The standard InChI is InChI=1S/C24H26N2O6/c27-22(26-11-13-31-14-12-26)10-9-21(23(28)29)25-24(30)32-15-20-18-7-3-1-5-16(18)17-6-2-4-8-19(17)20/h1-8,20-21H,9-15H2,(H,25,30)(H,28,29)/t21-/m0/s1. The first-order valence-electron chi connectivity index (χ1n) is 10.7. The van der Waals surface area contributed by atoms with Crippen LogP contribution in [0.3, 0.4) is 0 Å². The highest BCUT2D eigenvalue weighted by molar-refractivity contribution is 5.82. The van der Waals surface area contributed by atoms with Crippen LogP contribution >= 0.6 is 0 Å². The Kier molecular flexibility index (Phi) is 6.70. The zero-order chi connectivity index (χ0) is 22.5. The van der Waals surface area contributed by atoms with Gasteiger partial charge < -0.3 is 24.8 Å². The molecular formula is C24H26N2O6. The van der Waals surface area contributed by atoms with E-state index in [9.17, 15) is 19.5 Å². The molecule has 0 spiro atoms. The Morgan fingerprint density at radius 1 is 1.03 bits per heavy atom. The van der Waals surface area contributed by atoms with Gasteiger partial charge in [0.2, 0.25) is 5.91 Å². The SMILES string of the molecule is O=C(N[C@@H](CCC(=O)N1CCOCC1)C(=O)O)OCC1c2ccccc2-c2ccccc21. The van der Waals surface area contributed by atoms with E-state index in [1.165, 1.54) is 0 Å². The summed E-state index contributed by atoms with van der Waals surface area (Å²) in [5.41, 5.74) is 4.38. The molecule has 8 heteroatoms. The molecule has 0 unspecified atom stereocenters. The Hall–Kier alpha value is -3.39. The molecule has 1 heterocycles. The van der Waals surface area contributed by atoms with Crippen molar-refractivity contribution in [2.75, 3.05) is 32.9 Å². The summed E-state index contributed by atoms with van der Waals surface area (Å²) in [7, 11) is 0. The van der Waals surface area contributed by atoms with Crippen LogP contribution in [0, 0.1) is 0 Å². The number of carbonyl (C=O) groups is 3. The highest BCUT2D eigenvalue weighted by Crippen LogP contribution is 2.44. The number of nitrogens with one attached hydrogen (secondary N) is 1. The molecule has 8 nitrogen and oxygen atoms in total. The molecule has 168 valence electrons. The van der Waals surface area contributed by atoms with Crippen LogP contribution in [0.5, 0.6) is 0 Å². The van der Waals surface area contributed by atoms with Gasteiger partial charge in [-0.25, -0.2) is 9.59 Å². The van der Waals surface area contributed by atoms with Crippen LogP contribution < -0.4 is 5.32 Å². The lowest BCUT2D eigenvalue weighted by atomic mass is 9.98. The number of rotatable bonds is 7. The maximum absolute atomic E-state index is 12.4. The van der Waals surface area contributed by atoms with Crippen molar-refractivity contribution in [1.29, 1.82) is 0 Å². The molecule has 4 rings (SSSR count). The molecule has 2 amide bonds. The third-order valence-corrected chi connectivity index (χ3v) is 5.94. The number of carbonyl (C=O) groups excluding carboxylic acids is 2. The zero-order valence-corrected chi connectivity index (χ0v) is 17.7. The summed E-state index contributed by atoms with van der Waals surface area (Å²) in [6.07, 6.45) is -0.783. The normalized spacial score (nSPS) is 16.1. The molecule has 2 aliphatic rings. The van der Waals surface area contributed by atoms with Crippen molar-refractivity contribution in [3.8, 4) is 11.1 Å². The van der Waals surface area contributed by atoms with Crippen molar-refractivity contribution in [3.63, 3.8) is 0 Å². The minimum atomic E-state index is -1.20. The number of carboxylic acids is 1. The summed E-state index contributed by atoms with van der Waals surface area (Å²) in [6.45, 7) is 2.05. The van der Waals surface area contributed by atoms with E-state index in [0.717, 1.165) is 22.3 Å². The number of fused-ring (bicyclic) bond motifs is 3. The second-order valence-electron chi connectivity index (χ2n) is 7.89. The number of ether oxygens (including phenoxy) is 2. The molecule has 0 radical (unpaired) electrons. The average molecular weight is 438 g/mol. The Morgan fingerprint density at radius 3 is 2.22 bits per heavy atom. The molecule has 1 fully saturated rings. The van der Waals surface area contributed by atoms with Gasteiger partial charge in [-0.2, -0.15) is 0 Å². The van der Waals surface area contributed by atoms with Crippen LogP contribution in [0.15, 0.2) is 48.5 Å². The maximum atomic E-state index is 12.4. The van der Waals surface area contributed by atoms with E-state index < -0.39 is 18.1 Å². The summed E-state index contributed by atoms with van der Waals surface area (Å²) in [5, 5.41) is 11.9. The fraction of sp³-hybridized carbons (Fsp3) is 0.375. The number of hydrogen-bond donors (Lipinski definition) is 2. The number of morpholine rings is 1. The molecule has 1 aliphatic carbocycles. The largest absolute Gasteiger partial charge is 0.480 e. The molecule has 2 aromatic rings. The van der Waals surface area contributed by atoms with Crippen molar-refractivity contribution in [2.24, 2.45) is 0 Å². The van der Waals surface area contributed by atoms with Gasteiger partial charge >= 0.3 is 12.1 Å². The lowest BCUT2D eigenvalue weighted by molar-refractivity contribution is -0.140. The first-order valence-corrected chi connectivity index (χ1v) is 10.7. The van der Waals surface area contributed by atoms with Crippen LogP contribution in [0.1, 0.15) is 29.9 Å². The van der Waals surface area contributed by atoms with Gasteiger partial charge in [0.25, 0.3) is 0 Å². The first-order chi connectivity index (χ1) is 15.5. The van der Waals surface area contributed by atoms with E-state index in [-0.39, 0.29) is 31.3 Å². The summed E-state index contributed by atoms with van der Waals surface area (Å²) in [6, 6.07) is 14.8. The Balaban J connectivity index is 1.33. The molecule has 0 aromatic heterocycles. The smallest absolute Gasteiger partial charge is 0.407 e. The molecule has 0 bridgehead atoms. The maximum Gasteiger partial charge on any atom is 0.407 e. The quantitative estimate of drug-likeness (QED) is 0.689. The van der Waals surface area contributed by atoms with E-state index in [0.29, 0.717) is 26.3 Å². The lowest BCUT2D eigenvalue weighted by Crippen LogP contribution is -2.44. The van der Waals surface area contributed by atoms with E-state index in [1.807, 2.05) is 48.5 Å². The topological polar surface area (TPSA) is 105 Å². The highest BCUT2D eigenvalue weighted by atomic mass is 16.5. The van der Waals surface area contributed by atoms with Gasteiger partial charge in [0.15, 0.2) is 0 Å². The third-order valence-electron chi connectivity index (χ3n) is 5.94. The van der Waals surface area contributed by atoms with Crippen molar-refractivity contribution in [3.05, 3.63) is 59.7 Å². The molecule has 32 heavy (non-hydrogen) atoms. The van der Waals surface area contributed by atoms with Crippen LogP contribution in [0.2, 0.25) is 0 Å². The van der Waals surface area contributed by atoms with Crippen molar-refractivity contribution in [2.45, 2.75) is 24.8 Å². The first kappa shape index (κ1) is 21.8. The number of carboxylic acid groups (broad SMARTS) is 1. The lowest BCUT2D eigenvalue weighted by Gasteiger charge is -2.27. The minimum absolute atomic E-state index is 0.00425. The predicted molar refractivity (Wildman–Crippen MR) is 116 cm³/mol. The zero-order valence-electron chi connectivity index (χ0n) is 17.7. The molecule has 2 aromatic carbocycles.